The second-order valence-corrected chi connectivity index (χ2v) is 3.60. The van der Waals surface area contributed by atoms with E-state index in [1.54, 1.807) is 5.57 Å². The molecule has 0 amide bonds. The minimum atomic E-state index is 0.586. The van der Waals surface area contributed by atoms with Gasteiger partial charge in [0.05, 0.1) is 0 Å². The number of nitrogens with two attached hydrogens (primary N) is 1. The molecular formula is C10H19N. The van der Waals surface area contributed by atoms with Crippen LogP contribution < -0.4 is 5.73 Å². The minimum Gasteiger partial charge on any atom is -0.330 e. The molecule has 1 aliphatic carbocycles. The third-order valence-corrected chi connectivity index (χ3v) is 2.39. The van der Waals surface area contributed by atoms with E-state index >= 15 is 0 Å². The molecule has 1 aliphatic rings. The zero-order valence-corrected chi connectivity index (χ0v) is 7.47. The summed E-state index contributed by atoms with van der Waals surface area (Å²) in [5.41, 5.74) is 7.19. The van der Waals surface area contributed by atoms with Crippen LogP contribution in [0.5, 0.6) is 0 Å². The molecule has 0 bridgehead atoms. The molecule has 11 heavy (non-hydrogen) atoms. The molecule has 64 valence electrons. The summed E-state index contributed by atoms with van der Waals surface area (Å²) >= 11 is 0. The highest BCUT2D eigenvalue weighted by molar-refractivity contribution is 5.05. The first kappa shape index (κ1) is 8.79. The van der Waals surface area contributed by atoms with Crippen LogP contribution in [0.4, 0.5) is 0 Å². The highest BCUT2D eigenvalue weighted by atomic mass is 14.5. The molecule has 1 unspecified atom stereocenters. The number of rotatable bonds is 2. The molecule has 1 nitrogen and oxygen atoms in total. The Balaban J connectivity index is 2.37. The molecule has 0 heterocycles. The van der Waals surface area contributed by atoms with Crippen LogP contribution in [0.1, 0.15) is 39.0 Å². The normalized spacial score (nSPS) is 21.5. The second kappa shape index (κ2) is 4.55. The lowest BCUT2D eigenvalue weighted by atomic mass is 9.92. The average Bonchev–Trinajstić information content (AvgIpc) is 2.06. The van der Waals surface area contributed by atoms with E-state index in [0.717, 1.165) is 6.54 Å². The Morgan fingerprint density at radius 2 is 2.00 bits per heavy atom. The van der Waals surface area contributed by atoms with Crippen LogP contribution in [0.15, 0.2) is 11.6 Å². The molecule has 0 radical (unpaired) electrons. The fourth-order valence-corrected chi connectivity index (χ4v) is 1.64. The Kier molecular flexibility index (Phi) is 3.64. The molecule has 0 saturated heterocycles. The standard InChI is InChI=1S/C10H19N/c1-9(8-11)7-10-5-3-2-4-6-10/h7,9H,2-6,8,11H2,1H3. The maximum Gasteiger partial charge on any atom is -0.00167 e. The summed E-state index contributed by atoms with van der Waals surface area (Å²) in [5, 5.41) is 0. The van der Waals surface area contributed by atoms with Crippen molar-refractivity contribution >= 4 is 0 Å². The highest BCUT2D eigenvalue weighted by Crippen LogP contribution is 2.23. The van der Waals surface area contributed by atoms with Crippen LogP contribution in [0, 0.1) is 5.92 Å². The SMILES string of the molecule is CC(C=C1CCCCC1)CN. The van der Waals surface area contributed by atoms with Crippen molar-refractivity contribution in [3.05, 3.63) is 11.6 Å². The van der Waals surface area contributed by atoms with Gasteiger partial charge < -0.3 is 5.73 Å². The lowest BCUT2D eigenvalue weighted by Gasteiger charge is -2.15. The number of hydrogen-bond acceptors (Lipinski definition) is 1. The Hall–Kier alpha value is -0.300. The number of allylic oxidation sites excluding steroid dienone is 1. The van der Waals surface area contributed by atoms with Crippen LogP contribution in [0.2, 0.25) is 0 Å². The van der Waals surface area contributed by atoms with Gasteiger partial charge in [0.25, 0.3) is 0 Å². The lowest BCUT2D eigenvalue weighted by molar-refractivity contribution is 0.587. The van der Waals surface area contributed by atoms with E-state index in [0.29, 0.717) is 5.92 Å². The maximum absolute atomic E-state index is 5.54. The van der Waals surface area contributed by atoms with Gasteiger partial charge in [-0.2, -0.15) is 0 Å². The van der Waals surface area contributed by atoms with E-state index in [4.69, 9.17) is 5.73 Å². The van der Waals surface area contributed by atoms with Gasteiger partial charge in [-0.1, -0.05) is 25.0 Å². The third-order valence-electron chi connectivity index (χ3n) is 2.39. The zero-order chi connectivity index (χ0) is 8.10. The molecule has 1 heteroatoms. The molecule has 1 saturated carbocycles. The summed E-state index contributed by atoms with van der Waals surface area (Å²) in [4.78, 5) is 0. The van der Waals surface area contributed by atoms with Crippen molar-refractivity contribution in [3.63, 3.8) is 0 Å². The van der Waals surface area contributed by atoms with Crippen LogP contribution in [-0.4, -0.2) is 6.54 Å². The summed E-state index contributed by atoms with van der Waals surface area (Å²) < 4.78 is 0. The molecule has 0 aromatic rings. The highest BCUT2D eigenvalue weighted by Gasteiger charge is 2.05. The van der Waals surface area contributed by atoms with Gasteiger partial charge in [0.2, 0.25) is 0 Å². The van der Waals surface area contributed by atoms with Gasteiger partial charge in [0.1, 0.15) is 0 Å². The van der Waals surface area contributed by atoms with Crippen molar-refractivity contribution in [1.29, 1.82) is 0 Å². The van der Waals surface area contributed by atoms with Crippen LogP contribution in [-0.2, 0) is 0 Å². The van der Waals surface area contributed by atoms with Gasteiger partial charge in [-0.25, -0.2) is 0 Å². The summed E-state index contributed by atoms with van der Waals surface area (Å²) in [6.07, 6.45) is 9.23. The fourth-order valence-electron chi connectivity index (χ4n) is 1.64. The molecule has 1 atom stereocenters. The predicted molar refractivity (Wildman–Crippen MR) is 49.4 cm³/mol. The topological polar surface area (TPSA) is 26.0 Å². The summed E-state index contributed by atoms with van der Waals surface area (Å²) in [6, 6.07) is 0. The van der Waals surface area contributed by atoms with E-state index in [1.165, 1.54) is 32.1 Å². The monoisotopic (exact) mass is 153 g/mol. The van der Waals surface area contributed by atoms with Crippen LogP contribution in [0.3, 0.4) is 0 Å². The first-order valence-electron chi connectivity index (χ1n) is 4.72. The summed E-state index contributed by atoms with van der Waals surface area (Å²) in [6.45, 7) is 2.99. The summed E-state index contributed by atoms with van der Waals surface area (Å²) in [7, 11) is 0. The molecule has 0 aliphatic heterocycles. The largest absolute Gasteiger partial charge is 0.330 e. The molecule has 0 aromatic heterocycles. The van der Waals surface area contributed by atoms with Gasteiger partial charge >= 0.3 is 0 Å². The van der Waals surface area contributed by atoms with Gasteiger partial charge in [-0.15, -0.1) is 0 Å². The Morgan fingerprint density at radius 3 is 2.55 bits per heavy atom. The Morgan fingerprint density at radius 1 is 1.36 bits per heavy atom. The fraction of sp³-hybridized carbons (Fsp3) is 0.800. The molecule has 1 fully saturated rings. The first-order valence-corrected chi connectivity index (χ1v) is 4.72. The van der Waals surface area contributed by atoms with Gasteiger partial charge in [0.15, 0.2) is 0 Å². The Labute approximate surface area is 69.7 Å². The Bertz CT molecular complexity index is 130. The van der Waals surface area contributed by atoms with E-state index in [2.05, 4.69) is 13.0 Å². The molecule has 0 spiro atoms. The number of hydrogen-bond donors (Lipinski definition) is 1. The van der Waals surface area contributed by atoms with Gasteiger partial charge in [-0.05, 0) is 38.1 Å². The second-order valence-electron chi connectivity index (χ2n) is 3.60. The third kappa shape index (κ3) is 3.06. The molecular weight excluding hydrogens is 134 g/mol. The maximum atomic E-state index is 5.54. The quantitative estimate of drug-likeness (QED) is 0.606. The average molecular weight is 153 g/mol. The smallest absolute Gasteiger partial charge is 0.00167 e. The van der Waals surface area contributed by atoms with Gasteiger partial charge in [0, 0.05) is 0 Å². The predicted octanol–water partition coefficient (Wildman–Crippen LogP) is 2.47. The van der Waals surface area contributed by atoms with Crippen molar-refractivity contribution < 1.29 is 0 Å². The minimum absolute atomic E-state index is 0.586. The van der Waals surface area contributed by atoms with Crippen molar-refractivity contribution in [3.8, 4) is 0 Å². The lowest BCUT2D eigenvalue weighted by Crippen LogP contribution is -2.09. The van der Waals surface area contributed by atoms with Crippen molar-refractivity contribution in [2.75, 3.05) is 6.54 Å². The molecule has 1 rings (SSSR count). The van der Waals surface area contributed by atoms with Crippen molar-refractivity contribution in [2.24, 2.45) is 11.7 Å². The van der Waals surface area contributed by atoms with Crippen molar-refractivity contribution in [1.82, 2.24) is 0 Å². The zero-order valence-electron chi connectivity index (χ0n) is 7.47. The van der Waals surface area contributed by atoms with Crippen LogP contribution >= 0.6 is 0 Å². The van der Waals surface area contributed by atoms with Crippen LogP contribution in [0.25, 0.3) is 0 Å². The van der Waals surface area contributed by atoms with E-state index in [-0.39, 0.29) is 0 Å². The summed E-state index contributed by atoms with van der Waals surface area (Å²) in [5.74, 6) is 0.586. The first-order chi connectivity index (χ1) is 5.33. The molecule has 0 aromatic carbocycles. The molecule has 2 N–H and O–H groups in total. The van der Waals surface area contributed by atoms with E-state index in [9.17, 15) is 0 Å². The van der Waals surface area contributed by atoms with Crippen molar-refractivity contribution in [2.45, 2.75) is 39.0 Å². The van der Waals surface area contributed by atoms with E-state index < -0.39 is 0 Å². The van der Waals surface area contributed by atoms with Gasteiger partial charge in [-0.3, -0.25) is 0 Å². The van der Waals surface area contributed by atoms with E-state index in [1.807, 2.05) is 0 Å².